The van der Waals surface area contributed by atoms with Crippen LogP contribution in [0.2, 0.25) is 5.02 Å². The Bertz CT molecular complexity index is 1350. The van der Waals surface area contributed by atoms with Crippen LogP contribution in [0, 0.1) is 0 Å². The average Bonchev–Trinajstić information content (AvgIpc) is 2.84. The topological polar surface area (TPSA) is 71.5 Å². The Labute approximate surface area is 196 Å². The van der Waals surface area contributed by atoms with Crippen molar-refractivity contribution in [2.75, 3.05) is 26.5 Å². The largest absolute Gasteiger partial charge is 0.497 e. The van der Waals surface area contributed by atoms with Gasteiger partial charge in [-0.2, -0.15) is 0 Å². The van der Waals surface area contributed by atoms with Crippen LogP contribution in [0.4, 0.5) is 5.69 Å². The predicted octanol–water partition coefficient (Wildman–Crippen LogP) is 5.52. The summed E-state index contributed by atoms with van der Waals surface area (Å²) in [5, 5.41) is 3.94. The summed E-state index contributed by atoms with van der Waals surface area (Å²) < 4.78 is 5.23. The van der Waals surface area contributed by atoms with Gasteiger partial charge >= 0.3 is 0 Å². The Hall–Kier alpha value is -3.90. The summed E-state index contributed by atoms with van der Waals surface area (Å²) in [6, 6.07) is 21.6. The number of nitrogens with one attached hydrogen (secondary N) is 1. The van der Waals surface area contributed by atoms with E-state index in [4.69, 9.17) is 21.3 Å². The standard InChI is InChI=1S/C26H22ClN3O3/c1-30(2)26(32)21-14-17(10-13-22(21)27)28-25(31)20-15-24(16-8-11-18(33-3)12-9-16)29-23-7-5-4-6-19(20)23/h4-15H,1-3H3,(H,28,31). The molecule has 0 saturated heterocycles. The molecule has 0 saturated carbocycles. The number of pyridine rings is 1. The quantitative estimate of drug-likeness (QED) is 0.426. The first kappa shape index (κ1) is 22.3. The fourth-order valence-electron chi connectivity index (χ4n) is 3.48. The number of hydrogen-bond acceptors (Lipinski definition) is 4. The maximum Gasteiger partial charge on any atom is 0.256 e. The molecule has 0 atom stereocenters. The number of amides is 2. The third-order valence-electron chi connectivity index (χ3n) is 5.21. The number of para-hydroxylation sites is 1. The smallest absolute Gasteiger partial charge is 0.256 e. The highest BCUT2D eigenvalue weighted by molar-refractivity contribution is 6.34. The molecule has 7 heteroatoms. The number of carbonyl (C=O) groups is 2. The van der Waals surface area contributed by atoms with Gasteiger partial charge < -0.3 is 15.0 Å². The molecule has 1 N–H and O–H groups in total. The summed E-state index contributed by atoms with van der Waals surface area (Å²) >= 11 is 6.20. The second-order valence-corrected chi connectivity index (χ2v) is 8.06. The van der Waals surface area contributed by atoms with Crippen LogP contribution in [0.5, 0.6) is 5.75 Å². The zero-order chi connectivity index (χ0) is 23.5. The number of aromatic nitrogens is 1. The van der Waals surface area contributed by atoms with Crippen LogP contribution < -0.4 is 10.1 Å². The lowest BCUT2D eigenvalue weighted by Gasteiger charge is -2.14. The highest BCUT2D eigenvalue weighted by Gasteiger charge is 2.17. The third-order valence-corrected chi connectivity index (χ3v) is 5.54. The van der Waals surface area contributed by atoms with Crippen molar-refractivity contribution in [1.82, 2.24) is 9.88 Å². The van der Waals surface area contributed by atoms with Gasteiger partial charge in [-0.25, -0.2) is 4.98 Å². The summed E-state index contributed by atoms with van der Waals surface area (Å²) in [5.74, 6) is 0.185. The predicted molar refractivity (Wildman–Crippen MR) is 131 cm³/mol. The summed E-state index contributed by atoms with van der Waals surface area (Å²) in [6.07, 6.45) is 0. The van der Waals surface area contributed by atoms with Gasteiger partial charge in [0.2, 0.25) is 0 Å². The van der Waals surface area contributed by atoms with Crippen LogP contribution >= 0.6 is 11.6 Å². The van der Waals surface area contributed by atoms with E-state index in [9.17, 15) is 9.59 Å². The first-order valence-electron chi connectivity index (χ1n) is 10.2. The lowest BCUT2D eigenvalue weighted by Crippen LogP contribution is -2.22. The van der Waals surface area contributed by atoms with Crippen molar-refractivity contribution < 1.29 is 14.3 Å². The Morgan fingerprint density at radius 1 is 0.939 bits per heavy atom. The molecule has 0 fully saturated rings. The molecule has 2 amide bonds. The molecule has 6 nitrogen and oxygen atoms in total. The van der Waals surface area contributed by atoms with E-state index >= 15 is 0 Å². The first-order chi connectivity index (χ1) is 15.9. The van der Waals surface area contributed by atoms with Crippen LogP contribution in [0.25, 0.3) is 22.2 Å². The van der Waals surface area contributed by atoms with Gasteiger partial charge in [-0.05, 0) is 54.6 Å². The second kappa shape index (κ2) is 9.30. The molecule has 0 unspecified atom stereocenters. The van der Waals surface area contributed by atoms with E-state index in [1.807, 2.05) is 48.5 Å². The number of carbonyl (C=O) groups excluding carboxylic acids is 2. The first-order valence-corrected chi connectivity index (χ1v) is 10.6. The van der Waals surface area contributed by atoms with Gasteiger partial charge in [0.05, 0.1) is 34.5 Å². The van der Waals surface area contributed by atoms with Crippen LogP contribution in [0.15, 0.2) is 72.8 Å². The number of ether oxygens (including phenoxy) is 1. The number of anilines is 1. The molecule has 33 heavy (non-hydrogen) atoms. The van der Waals surface area contributed by atoms with Crippen molar-refractivity contribution in [3.8, 4) is 17.0 Å². The highest BCUT2D eigenvalue weighted by Crippen LogP contribution is 2.28. The fourth-order valence-corrected chi connectivity index (χ4v) is 3.68. The van der Waals surface area contributed by atoms with Crippen molar-refractivity contribution in [1.29, 1.82) is 0 Å². The number of nitrogens with zero attached hydrogens (tertiary/aromatic N) is 2. The summed E-state index contributed by atoms with van der Waals surface area (Å²) in [4.78, 5) is 31.9. The molecule has 0 aliphatic rings. The Balaban J connectivity index is 1.73. The summed E-state index contributed by atoms with van der Waals surface area (Å²) in [7, 11) is 4.90. The molecule has 0 aliphatic heterocycles. The second-order valence-electron chi connectivity index (χ2n) is 7.65. The minimum atomic E-state index is -0.311. The normalized spacial score (nSPS) is 10.7. The Kier molecular flexibility index (Phi) is 6.29. The highest BCUT2D eigenvalue weighted by atomic mass is 35.5. The van der Waals surface area contributed by atoms with E-state index in [0.717, 1.165) is 16.7 Å². The zero-order valence-electron chi connectivity index (χ0n) is 18.4. The van der Waals surface area contributed by atoms with Crippen molar-refractivity contribution in [3.63, 3.8) is 0 Å². The maximum atomic E-state index is 13.3. The van der Waals surface area contributed by atoms with Gasteiger partial charge in [-0.15, -0.1) is 0 Å². The summed E-state index contributed by atoms with van der Waals surface area (Å²) in [6.45, 7) is 0. The number of halogens is 1. The molecule has 4 rings (SSSR count). The fraction of sp³-hybridized carbons (Fsp3) is 0.115. The number of benzene rings is 3. The number of fused-ring (bicyclic) bond motifs is 1. The molecule has 1 aromatic heterocycles. The van der Waals surface area contributed by atoms with E-state index < -0.39 is 0 Å². The molecular formula is C26H22ClN3O3. The molecule has 0 radical (unpaired) electrons. The molecular weight excluding hydrogens is 438 g/mol. The average molecular weight is 460 g/mol. The van der Waals surface area contributed by atoms with Gasteiger partial charge in [-0.3, -0.25) is 9.59 Å². The molecule has 3 aromatic carbocycles. The number of hydrogen-bond donors (Lipinski definition) is 1. The minimum Gasteiger partial charge on any atom is -0.497 e. The van der Waals surface area contributed by atoms with E-state index in [0.29, 0.717) is 33.0 Å². The van der Waals surface area contributed by atoms with Crippen molar-refractivity contribution in [2.45, 2.75) is 0 Å². The van der Waals surface area contributed by atoms with Crippen molar-refractivity contribution in [3.05, 3.63) is 88.9 Å². The SMILES string of the molecule is COc1ccc(-c2cc(C(=O)Nc3ccc(Cl)c(C(=O)N(C)C)c3)c3ccccc3n2)cc1. The van der Waals surface area contributed by atoms with Crippen molar-refractivity contribution >= 4 is 40.0 Å². The van der Waals surface area contributed by atoms with Crippen LogP contribution in [0.3, 0.4) is 0 Å². The van der Waals surface area contributed by atoms with Gasteiger partial charge in [-0.1, -0.05) is 29.8 Å². The summed E-state index contributed by atoms with van der Waals surface area (Å²) in [5.41, 5.74) is 3.50. The molecule has 1 heterocycles. The van der Waals surface area contributed by atoms with Crippen LogP contribution in [-0.4, -0.2) is 42.9 Å². The van der Waals surface area contributed by atoms with Gasteiger partial charge in [0.25, 0.3) is 11.8 Å². The molecule has 0 aliphatic carbocycles. The number of rotatable bonds is 5. The maximum absolute atomic E-state index is 13.3. The van der Waals surface area contributed by atoms with Crippen LogP contribution in [0.1, 0.15) is 20.7 Å². The minimum absolute atomic E-state index is 0.243. The van der Waals surface area contributed by atoms with Crippen LogP contribution in [-0.2, 0) is 0 Å². The van der Waals surface area contributed by atoms with Gasteiger partial charge in [0.1, 0.15) is 5.75 Å². The van der Waals surface area contributed by atoms with Gasteiger partial charge in [0, 0.05) is 30.7 Å². The molecule has 4 aromatic rings. The van der Waals surface area contributed by atoms with E-state index in [2.05, 4.69) is 5.32 Å². The lowest BCUT2D eigenvalue weighted by atomic mass is 10.0. The Morgan fingerprint density at radius 3 is 2.36 bits per heavy atom. The number of methoxy groups -OCH3 is 1. The van der Waals surface area contributed by atoms with E-state index in [1.54, 1.807) is 45.5 Å². The van der Waals surface area contributed by atoms with E-state index in [-0.39, 0.29) is 11.8 Å². The van der Waals surface area contributed by atoms with Gasteiger partial charge in [0.15, 0.2) is 0 Å². The molecule has 0 bridgehead atoms. The molecule has 0 spiro atoms. The van der Waals surface area contributed by atoms with Crippen molar-refractivity contribution in [2.24, 2.45) is 0 Å². The zero-order valence-corrected chi connectivity index (χ0v) is 19.2. The monoisotopic (exact) mass is 459 g/mol. The van der Waals surface area contributed by atoms with E-state index in [1.165, 1.54) is 4.90 Å². The lowest BCUT2D eigenvalue weighted by molar-refractivity contribution is 0.0827. The molecule has 166 valence electrons. The third kappa shape index (κ3) is 4.66. The Morgan fingerprint density at radius 2 is 1.67 bits per heavy atom.